The highest BCUT2D eigenvalue weighted by molar-refractivity contribution is 6.32. The molecule has 192 valence electrons. The number of rotatable bonds is 8. The maximum Gasteiger partial charge on any atom is 0.343 e. The summed E-state index contributed by atoms with van der Waals surface area (Å²) < 4.78 is 21.6. The van der Waals surface area contributed by atoms with Crippen LogP contribution < -0.4 is 14.9 Å². The second-order valence-electron chi connectivity index (χ2n) is 8.38. The maximum atomic E-state index is 12.9. The van der Waals surface area contributed by atoms with Crippen LogP contribution in [0.1, 0.15) is 37.5 Å². The van der Waals surface area contributed by atoms with Crippen LogP contribution in [0.4, 0.5) is 0 Å². The van der Waals surface area contributed by atoms with E-state index in [2.05, 4.69) is 0 Å². The van der Waals surface area contributed by atoms with Crippen LogP contribution in [0.15, 0.2) is 76.1 Å². The summed E-state index contributed by atoms with van der Waals surface area (Å²) in [6.45, 7) is 0.625. The summed E-state index contributed by atoms with van der Waals surface area (Å²) >= 11 is 6.10. The predicted octanol–water partition coefficient (Wildman–Crippen LogP) is 5.09. The lowest BCUT2D eigenvalue weighted by atomic mass is 10.1. The van der Waals surface area contributed by atoms with Crippen molar-refractivity contribution in [3.05, 3.63) is 98.9 Å². The Bertz CT molecular complexity index is 1640. The van der Waals surface area contributed by atoms with Gasteiger partial charge in [-0.3, -0.25) is 19.3 Å². The highest BCUT2D eigenvalue weighted by atomic mass is 35.5. The summed E-state index contributed by atoms with van der Waals surface area (Å²) in [4.78, 5) is 52.1. The van der Waals surface area contributed by atoms with Gasteiger partial charge >= 0.3 is 5.97 Å². The van der Waals surface area contributed by atoms with Crippen molar-refractivity contribution in [2.45, 2.75) is 6.42 Å². The Morgan fingerprint density at radius 1 is 0.947 bits per heavy atom. The Morgan fingerprint density at radius 2 is 1.74 bits per heavy atom. The van der Waals surface area contributed by atoms with Gasteiger partial charge in [0.15, 0.2) is 0 Å². The zero-order chi connectivity index (χ0) is 26.8. The van der Waals surface area contributed by atoms with E-state index < -0.39 is 23.2 Å². The van der Waals surface area contributed by atoms with E-state index in [1.807, 2.05) is 0 Å². The van der Waals surface area contributed by atoms with Crippen molar-refractivity contribution in [3.8, 4) is 17.2 Å². The molecule has 2 amide bonds. The lowest BCUT2D eigenvalue weighted by Gasteiger charge is -2.12. The van der Waals surface area contributed by atoms with E-state index in [4.69, 9.17) is 30.2 Å². The molecule has 0 fully saturated rings. The second kappa shape index (κ2) is 10.5. The van der Waals surface area contributed by atoms with Gasteiger partial charge in [0.1, 0.15) is 23.3 Å². The van der Waals surface area contributed by atoms with Crippen LogP contribution >= 0.6 is 11.6 Å². The molecule has 10 heteroatoms. The first-order valence-electron chi connectivity index (χ1n) is 11.6. The third-order valence-electron chi connectivity index (χ3n) is 5.92. The number of methoxy groups -OCH3 is 1. The summed E-state index contributed by atoms with van der Waals surface area (Å²) in [6, 6.07) is 15.2. The fourth-order valence-corrected chi connectivity index (χ4v) is 4.20. The molecule has 1 aliphatic heterocycles. The van der Waals surface area contributed by atoms with Gasteiger partial charge < -0.3 is 18.6 Å². The normalized spacial score (nSPS) is 12.6. The van der Waals surface area contributed by atoms with E-state index in [-0.39, 0.29) is 45.7 Å². The minimum Gasteiger partial charge on any atom is -0.460 e. The monoisotopic (exact) mass is 533 g/mol. The van der Waals surface area contributed by atoms with E-state index in [0.29, 0.717) is 23.8 Å². The summed E-state index contributed by atoms with van der Waals surface area (Å²) in [7, 11) is 1.54. The summed E-state index contributed by atoms with van der Waals surface area (Å²) in [5.41, 5.74) is 0.200. The van der Waals surface area contributed by atoms with E-state index >= 15 is 0 Å². The minimum atomic E-state index is -0.744. The lowest BCUT2D eigenvalue weighted by Crippen LogP contribution is -2.31. The molecule has 0 saturated heterocycles. The zero-order valence-electron chi connectivity index (χ0n) is 20.1. The van der Waals surface area contributed by atoms with Crippen molar-refractivity contribution in [2.24, 2.45) is 0 Å². The molecule has 2 heterocycles. The Hall–Kier alpha value is -4.47. The number of para-hydroxylation sites is 1. The molecule has 38 heavy (non-hydrogen) atoms. The summed E-state index contributed by atoms with van der Waals surface area (Å²) in [5.74, 6) is -1.26. The highest BCUT2D eigenvalue weighted by Crippen LogP contribution is 2.29. The molecule has 0 saturated carbocycles. The number of imide groups is 1. The smallest absolute Gasteiger partial charge is 0.343 e. The molecule has 0 unspecified atom stereocenters. The van der Waals surface area contributed by atoms with Crippen molar-refractivity contribution in [1.29, 1.82) is 0 Å². The molecule has 0 radical (unpaired) electrons. The third kappa shape index (κ3) is 4.77. The first-order valence-corrected chi connectivity index (χ1v) is 11.9. The number of esters is 1. The Balaban J connectivity index is 1.34. The van der Waals surface area contributed by atoms with Gasteiger partial charge in [0.2, 0.25) is 11.2 Å². The Kier molecular flexibility index (Phi) is 6.95. The molecule has 9 nitrogen and oxygen atoms in total. The van der Waals surface area contributed by atoms with Crippen molar-refractivity contribution >= 4 is 40.4 Å². The summed E-state index contributed by atoms with van der Waals surface area (Å²) in [5, 5.41) is 0.551. The van der Waals surface area contributed by atoms with Gasteiger partial charge in [0.25, 0.3) is 11.8 Å². The molecule has 0 aliphatic carbocycles. The number of hydrogen-bond acceptors (Lipinski definition) is 8. The molecule has 5 rings (SSSR count). The molecule has 0 bridgehead atoms. The average molecular weight is 534 g/mol. The fourth-order valence-electron chi connectivity index (χ4n) is 4.02. The SMILES string of the molecule is COCCCN1C(=O)c2ccc(C(=O)Oc3ccc4c(=O)c(Oc5ccccc5Cl)coc4c3)cc2C1=O. The van der Waals surface area contributed by atoms with Gasteiger partial charge in [-0.2, -0.15) is 0 Å². The van der Waals surface area contributed by atoms with Crippen LogP contribution in [-0.4, -0.2) is 42.9 Å². The first kappa shape index (κ1) is 25.2. The maximum absolute atomic E-state index is 12.9. The lowest BCUT2D eigenvalue weighted by molar-refractivity contribution is 0.0638. The van der Waals surface area contributed by atoms with Gasteiger partial charge in [-0.15, -0.1) is 0 Å². The van der Waals surface area contributed by atoms with Crippen molar-refractivity contribution < 1.29 is 33.0 Å². The van der Waals surface area contributed by atoms with Crippen LogP contribution in [0, 0.1) is 0 Å². The topological polar surface area (TPSA) is 112 Å². The molecule has 1 aliphatic rings. The van der Waals surface area contributed by atoms with Crippen LogP contribution in [-0.2, 0) is 4.74 Å². The van der Waals surface area contributed by atoms with Gasteiger partial charge in [0, 0.05) is 26.3 Å². The standard InChI is InChI=1S/C28H20ClNO8/c1-35-12-4-11-30-26(32)18-9-7-16(13-20(18)27(30)33)28(34)37-17-8-10-19-23(14-17)36-15-24(25(19)31)38-22-6-3-2-5-21(22)29/h2-3,5-10,13-15H,4,11-12H2,1H3. The third-order valence-corrected chi connectivity index (χ3v) is 6.23. The van der Waals surface area contributed by atoms with Gasteiger partial charge in [-0.05, 0) is 48.9 Å². The molecule has 1 aromatic heterocycles. The van der Waals surface area contributed by atoms with E-state index in [1.54, 1.807) is 24.3 Å². The fraction of sp³-hybridized carbons (Fsp3) is 0.143. The van der Waals surface area contributed by atoms with Crippen molar-refractivity contribution in [3.63, 3.8) is 0 Å². The average Bonchev–Trinajstić information content (AvgIpc) is 3.16. The zero-order valence-corrected chi connectivity index (χ0v) is 20.8. The second-order valence-corrected chi connectivity index (χ2v) is 8.78. The number of ether oxygens (including phenoxy) is 3. The van der Waals surface area contributed by atoms with Gasteiger partial charge in [-0.1, -0.05) is 23.7 Å². The quantitative estimate of drug-likeness (QED) is 0.133. The van der Waals surface area contributed by atoms with Crippen LogP contribution in [0.2, 0.25) is 5.02 Å². The number of benzene rings is 3. The highest BCUT2D eigenvalue weighted by Gasteiger charge is 2.35. The number of nitrogens with zero attached hydrogens (tertiary/aromatic N) is 1. The largest absolute Gasteiger partial charge is 0.460 e. The van der Waals surface area contributed by atoms with Gasteiger partial charge in [-0.25, -0.2) is 4.79 Å². The molecule has 0 N–H and O–H groups in total. The first-order chi connectivity index (χ1) is 18.4. The van der Waals surface area contributed by atoms with Crippen LogP contribution in [0.5, 0.6) is 17.2 Å². The molecular weight excluding hydrogens is 514 g/mol. The number of hydrogen-bond donors (Lipinski definition) is 0. The predicted molar refractivity (Wildman–Crippen MR) is 137 cm³/mol. The van der Waals surface area contributed by atoms with Crippen molar-refractivity contribution in [1.82, 2.24) is 4.90 Å². The number of fused-ring (bicyclic) bond motifs is 2. The number of amides is 2. The van der Waals surface area contributed by atoms with Gasteiger partial charge in [0.05, 0.1) is 27.1 Å². The Morgan fingerprint density at radius 3 is 2.53 bits per heavy atom. The van der Waals surface area contributed by atoms with E-state index in [9.17, 15) is 19.2 Å². The molecular formula is C28H20ClNO8. The van der Waals surface area contributed by atoms with Crippen molar-refractivity contribution in [2.75, 3.05) is 20.3 Å². The molecule has 4 aromatic rings. The van der Waals surface area contributed by atoms with Crippen LogP contribution in [0.3, 0.4) is 0 Å². The molecule has 3 aromatic carbocycles. The summed E-state index contributed by atoms with van der Waals surface area (Å²) in [6.07, 6.45) is 1.66. The van der Waals surface area contributed by atoms with E-state index in [0.717, 1.165) is 11.2 Å². The molecule has 0 spiro atoms. The van der Waals surface area contributed by atoms with Crippen LogP contribution in [0.25, 0.3) is 11.0 Å². The number of carbonyl (C=O) groups excluding carboxylic acids is 3. The van der Waals surface area contributed by atoms with E-state index in [1.165, 1.54) is 43.5 Å². The number of halogens is 1. The number of carbonyl (C=O) groups is 3. The Labute approximate surface area is 221 Å². The minimum absolute atomic E-state index is 0.0519. The molecule has 0 atom stereocenters.